The van der Waals surface area contributed by atoms with Crippen LogP contribution in [0.2, 0.25) is 0 Å². The van der Waals surface area contributed by atoms with Crippen LogP contribution in [0.15, 0.2) is 39.6 Å². The number of aromatic nitrogens is 1. The van der Waals surface area contributed by atoms with Crippen molar-refractivity contribution < 1.29 is 4.79 Å². The molecule has 0 bridgehead atoms. The summed E-state index contributed by atoms with van der Waals surface area (Å²) in [7, 11) is 0. The number of hydrogen-bond donors (Lipinski definition) is 1. The van der Waals surface area contributed by atoms with Crippen LogP contribution in [-0.2, 0) is 6.42 Å². The van der Waals surface area contributed by atoms with E-state index in [4.69, 9.17) is 0 Å². The molecule has 0 unspecified atom stereocenters. The van der Waals surface area contributed by atoms with E-state index in [0.717, 1.165) is 16.6 Å². The molecule has 2 aromatic rings. The summed E-state index contributed by atoms with van der Waals surface area (Å²) < 4.78 is 0.907. The van der Waals surface area contributed by atoms with Gasteiger partial charge in [-0.1, -0.05) is 22.0 Å². The summed E-state index contributed by atoms with van der Waals surface area (Å²) in [5.74, 6) is -0.0541. The first kappa shape index (κ1) is 12.3. The van der Waals surface area contributed by atoms with Crippen LogP contribution in [0, 0.1) is 0 Å². The Morgan fingerprint density at radius 1 is 1.47 bits per heavy atom. The van der Waals surface area contributed by atoms with Crippen LogP contribution in [0.1, 0.15) is 16.1 Å². The third-order valence-electron chi connectivity index (χ3n) is 2.24. The van der Waals surface area contributed by atoms with Gasteiger partial charge in [-0.15, -0.1) is 11.3 Å². The zero-order valence-electron chi connectivity index (χ0n) is 9.02. The molecule has 1 aromatic heterocycles. The Labute approximate surface area is 112 Å². The Balaban J connectivity index is 1.85. The van der Waals surface area contributed by atoms with Crippen LogP contribution in [-0.4, -0.2) is 17.4 Å². The molecule has 2 rings (SSSR count). The fourth-order valence-electron chi connectivity index (χ4n) is 1.40. The maximum absolute atomic E-state index is 11.8. The molecule has 0 saturated heterocycles. The Morgan fingerprint density at radius 3 is 3.06 bits per heavy atom. The predicted octanol–water partition coefficient (Wildman–Crippen LogP) is 2.88. The van der Waals surface area contributed by atoms with Crippen molar-refractivity contribution in [2.75, 3.05) is 6.54 Å². The standard InChI is InChI=1S/C12H11BrN2OS/c13-10-3-1-2-9(6-10)12(16)14-5-4-11-7-17-8-15-11/h1-3,6-8H,4-5H2,(H,14,16). The lowest BCUT2D eigenvalue weighted by molar-refractivity contribution is 0.0954. The average Bonchev–Trinajstić information content (AvgIpc) is 2.82. The SMILES string of the molecule is O=C(NCCc1cscn1)c1cccc(Br)c1. The van der Waals surface area contributed by atoms with Gasteiger partial charge < -0.3 is 5.32 Å². The number of nitrogens with one attached hydrogen (secondary N) is 1. The van der Waals surface area contributed by atoms with Crippen LogP contribution in [0.5, 0.6) is 0 Å². The minimum Gasteiger partial charge on any atom is -0.352 e. The third-order valence-corrected chi connectivity index (χ3v) is 3.37. The van der Waals surface area contributed by atoms with E-state index in [1.807, 2.05) is 17.5 Å². The van der Waals surface area contributed by atoms with E-state index in [-0.39, 0.29) is 5.91 Å². The number of nitrogens with zero attached hydrogens (tertiary/aromatic N) is 1. The highest BCUT2D eigenvalue weighted by Gasteiger charge is 2.05. The third kappa shape index (κ3) is 3.64. The summed E-state index contributed by atoms with van der Waals surface area (Å²) in [6, 6.07) is 7.34. The lowest BCUT2D eigenvalue weighted by Crippen LogP contribution is -2.25. The van der Waals surface area contributed by atoms with Gasteiger partial charge in [-0.05, 0) is 18.2 Å². The summed E-state index contributed by atoms with van der Waals surface area (Å²) >= 11 is 4.91. The van der Waals surface area contributed by atoms with Gasteiger partial charge in [0.15, 0.2) is 0 Å². The number of amides is 1. The van der Waals surface area contributed by atoms with Crippen molar-refractivity contribution in [3.63, 3.8) is 0 Å². The van der Waals surface area contributed by atoms with E-state index in [2.05, 4.69) is 26.2 Å². The molecule has 0 saturated carbocycles. The molecule has 17 heavy (non-hydrogen) atoms. The summed E-state index contributed by atoms with van der Waals surface area (Å²) in [6.07, 6.45) is 0.767. The molecular weight excluding hydrogens is 300 g/mol. The molecule has 0 radical (unpaired) electrons. The first-order valence-electron chi connectivity index (χ1n) is 5.16. The van der Waals surface area contributed by atoms with Gasteiger partial charge in [0.1, 0.15) is 0 Å². The van der Waals surface area contributed by atoms with Crippen molar-refractivity contribution in [3.05, 3.63) is 50.9 Å². The van der Waals surface area contributed by atoms with Crippen molar-refractivity contribution in [1.29, 1.82) is 0 Å². The largest absolute Gasteiger partial charge is 0.352 e. The summed E-state index contributed by atoms with van der Waals surface area (Å²) in [5.41, 5.74) is 3.48. The molecule has 0 atom stereocenters. The van der Waals surface area contributed by atoms with Crippen LogP contribution < -0.4 is 5.32 Å². The highest BCUT2D eigenvalue weighted by molar-refractivity contribution is 9.10. The van der Waals surface area contributed by atoms with E-state index in [1.54, 1.807) is 29.0 Å². The molecule has 0 fully saturated rings. The molecule has 1 N–H and O–H groups in total. The second-order valence-electron chi connectivity index (χ2n) is 3.50. The molecule has 5 heteroatoms. The zero-order chi connectivity index (χ0) is 12.1. The van der Waals surface area contributed by atoms with Crippen molar-refractivity contribution in [2.24, 2.45) is 0 Å². The fourth-order valence-corrected chi connectivity index (χ4v) is 2.39. The number of hydrogen-bond acceptors (Lipinski definition) is 3. The molecule has 3 nitrogen and oxygen atoms in total. The highest BCUT2D eigenvalue weighted by Crippen LogP contribution is 2.11. The molecule has 0 spiro atoms. The number of benzene rings is 1. The van der Waals surface area contributed by atoms with E-state index < -0.39 is 0 Å². The van der Waals surface area contributed by atoms with Gasteiger partial charge >= 0.3 is 0 Å². The number of carbonyl (C=O) groups is 1. The average molecular weight is 311 g/mol. The van der Waals surface area contributed by atoms with Gasteiger partial charge in [-0.25, -0.2) is 4.98 Å². The fraction of sp³-hybridized carbons (Fsp3) is 0.167. The molecule has 1 amide bonds. The Hall–Kier alpha value is -1.20. The molecule has 0 aliphatic carbocycles. The zero-order valence-corrected chi connectivity index (χ0v) is 11.4. The van der Waals surface area contributed by atoms with Gasteiger partial charge in [0.05, 0.1) is 11.2 Å². The van der Waals surface area contributed by atoms with Gasteiger partial charge in [-0.3, -0.25) is 4.79 Å². The minimum absolute atomic E-state index is 0.0541. The normalized spacial score (nSPS) is 10.2. The number of halogens is 1. The quantitative estimate of drug-likeness (QED) is 0.943. The van der Waals surface area contributed by atoms with Gasteiger partial charge in [0, 0.05) is 28.4 Å². The smallest absolute Gasteiger partial charge is 0.251 e. The molecule has 0 aliphatic rings. The maximum Gasteiger partial charge on any atom is 0.251 e. The highest BCUT2D eigenvalue weighted by atomic mass is 79.9. The van der Waals surface area contributed by atoms with Crippen LogP contribution in [0.25, 0.3) is 0 Å². The van der Waals surface area contributed by atoms with Gasteiger partial charge in [-0.2, -0.15) is 0 Å². The van der Waals surface area contributed by atoms with Crippen molar-refractivity contribution >= 4 is 33.2 Å². The summed E-state index contributed by atoms with van der Waals surface area (Å²) in [6.45, 7) is 0.606. The van der Waals surface area contributed by atoms with Crippen molar-refractivity contribution in [2.45, 2.75) is 6.42 Å². The maximum atomic E-state index is 11.8. The van der Waals surface area contributed by atoms with E-state index in [9.17, 15) is 4.79 Å². The van der Waals surface area contributed by atoms with Crippen molar-refractivity contribution in [1.82, 2.24) is 10.3 Å². The molecule has 0 aliphatic heterocycles. The van der Waals surface area contributed by atoms with Crippen LogP contribution >= 0.6 is 27.3 Å². The first-order valence-corrected chi connectivity index (χ1v) is 6.90. The lowest BCUT2D eigenvalue weighted by atomic mass is 10.2. The monoisotopic (exact) mass is 310 g/mol. The summed E-state index contributed by atoms with van der Waals surface area (Å²) in [4.78, 5) is 15.9. The van der Waals surface area contributed by atoms with Crippen LogP contribution in [0.3, 0.4) is 0 Å². The second-order valence-corrected chi connectivity index (χ2v) is 5.13. The van der Waals surface area contributed by atoms with E-state index in [0.29, 0.717) is 12.1 Å². The Kier molecular flexibility index (Phi) is 4.28. The summed E-state index contributed by atoms with van der Waals surface area (Å²) in [5, 5.41) is 4.86. The lowest BCUT2D eigenvalue weighted by Gasteiger charge is -2.04. The predicted molar refractivity (Wildman–Crippen MR) is 72.3 cm³/mol. The number of rotatable bonds is 4. The Bertz CT molecular complexity index is 499. The molecule has 1 aromatic carbocycles. The Morgan fingerprint density at radius 2 is 2.35 bits per heavy atom. The van der Waals surface area contributed by atoms with E-state index >= 15 is 0 Å². The molecule has 88 valence electrons. The van der Waals surface area contributed by atoms with E-state index in [1.165, 1.54) is 0 Å². The minimum atomic E-state index is -0.0541. The second kappa shape index (κ2) is 5.93. The topological polar surface area (TPSA) is 42.0 Å². The van der Waals surface area contributed by atoms with Crippen molar-refractivity contribution in [3.8, 4) is 0 Å². The number of carbonyl (C=O) groups excluding carboxylic acids is 1. The number of thiazole rings is 1. The first-order chi connectivity index (χ1) is 8.25. The molecule has 1 heterocycles. The van der Waals surface area contributed by atoms with Crippen LogP contribution in [0.4, 0.5) is 0 Å². The molecular formula is C12H11BrN2OS. The van der Waals surface area contributed by atoms with Gasteiger partial charge in [0.2, 0.25) is 0 Å². The van der Waals surface area contributed by atoms with Gasteiger partial charge in [0.25, 0.3) is 5.91 Å².